The predicted molar refractivity (Wildman–Crippen MR) is 82.1 cm³/mol. The summed E-state index contributed by atoms with van der Waals surface area (Å²) in [5.41, 5.74) is 0.656. The van der Waals surface area contributed by atoms with Gasteiger partial charge in [-0.05, 0) is 43.9 Å². The Morgan fingerprint density at radius 2 is 1.53 bits per heavy atom. The first-order chi connectivity index (χ1) is 8.24. The quantitative estimate of drug-likeness (QED) is 0.865. The summed E-state index contributed by atoms with van der Waals surface area (Å²) in [5.74, 6) is 0. The molecule has 0 amide bonds. The van der Waals surface area contributed by atoms with Crippen LogP contribution in [0.1, 0.15) is 60.8 Å². The number of rotatable bonds is 4. The van der Waals surface area contributed by atoms with Crippen molar-refractivity contribution in [1.82, 2.24) is 5.32 Å². The van der Waals surface area contributed by atoms with E-state index in [0.29, 0.717) is 23.4 Å². The smallest absolute Gasteiger partial charge is 0.153 e. The van der Waals surface area contributed by atoms with Gasteiger partial charge < -0.3 is 5.32 Å². The molecule has 0 radical (unpaired) electrons. The Morgan fingerprint density at radius 3 is 1.89 bits per heavy atom. The van der Waals surface area contributed by atoms with Gasteiger partial charge in [-0.1, -0.05) is 27.7 Å². The van der Waals surface area contributed by atoms with E-state index in [-0.39, 0.29) is 0 Å². The van der Waals surface area contributed by atoms with E-state index in [2.05, 4.69) is 33.0 Å². The molecule has 19 heavy (non-hydrogen) atoms. The molecule has 0 aromatic carbocycles. The van der Waals surface area contributed by atoms with Crippen LogP contribution >= 0.6 is 0 Å². The third-order valence-corrected chi connectivity index (χ3v) is 6.53. The van der Waals surface area contributed by atoms with Gasteiger partial charge >= 0.3 is 0 Å². The van der Waals surface area contributed by atoms with Crippen LogP contribution in [0, 0.1) is 10.8 Å². The monoisotopic (exact) mass is 289 g/mol. The van der Waals surface area contributed by atoms with Crippen molar-refractivity contribution in [3.05, 3.63) is 0 Å². The summed E-state index contributed by atoms with van der Waals surface area (Å²) in [7, 11) is -3.02. The fraction of sp³-hybridized carbons (Fsp3) is 1.00. The Kier molecular flexibility index (Phi) is 4.49. The molecule has 1 saturated carbocycles. The third kappa shape index (κ3) is 4.75. The molecule has 0 unspecified atom stereocenters. The van der Waals surface area contributed by atoms with Gasteiger partial charge in [0.2, 0.25) is 0 Å². The minimum atomic E-state index is -3.02. The van der Waals surface area contributed by atoms with Crippen LogP contribution in [0.25, 0.3) is 0 Å². The number of nitrogens with one attached hydrogen (secondary N) is 1. The van der Waals surface area contributed by atoms with Crippen LogP contribution in [-0.2, 0) is 9.84 Å². The lowest BCUT2D eigenvalue weighted by Gasteiger charge is -2.45. The van der Waals surface area contributed by atoms with Crippen molar-refractivity contribution < 1.29 is 8.42 Å². The molecule has 0 aliphatic heterocycles. The maximum atomic E-state index is 11.7. The maximum absolute atomic E-state index is 11.7. The predicted octanol–water partition coefficient (Wildman–Crippen LogP) is 3.00. The van der Waals surface area contributed by atoms with Crippen LogP contribution in [0.15, 0.2) is 0 Å². The van der Waals surface area contributed by atoms with Crippen LogP contribution < -0.4 is 5.32 Å². The summed E-state index contributed by atoms with van der Waals surface area (Å²) in [5, 5.41) is 3.50. The molecule has 0 spiro atoms. The van der Waals surface area contributed by atoms with Crippen LogP contribution in [0.5, 0.6) is 0 Å². The number of hydrogen-bond acceptors (Lipinski definition) is 3. The molecule has 1 fully saturated rings. The van der Waals surface area contributed by atoms with E-state index in [4.69, 9.17) is 0 Å². The highest BCUT2D eigenvalue weighted by molar-refractivity contribution is 7.92. The third-order valence-electron chi connectivity index (χ3n) is 4.38. The van der Waals surface area contributed by atoms with Crippen LogP contribution in [0.4, 0.5) is 0 Å². The van der Waals surface area contributed by atoms with Gasteiger partial charge in [-0.15, -0.1) is 0 Å². The molecule has 0 aromatic rings. The van der Waals surface area contributed by atoms with E-state index >= 15 is 0 Å². The summed E-state index contributed by atoms with van der Waals surface area (Å²) in [6.07, 6.45) is 4.80. The lowest BCUT2D eigenvalue weighted by molar-refractivity contribution is 0.0844. The Bertz CT molecular complexity index is 405. The van der Waals surface area contributed by atoms with Gasteiger partial charge in [-0.25, -0.2) is 8.42 Å². The van der Waals surface area contributed by atoms with E-state index < -0.39 is 14.6 Å². The second kappa shape index (κ2) is 5.03. The molecule has 114 valence electrons. The first-order valence-corrected chi connectivity index (χ1v) is 9.06. The van der Waals surface area contributed by atoms with Crippen molar-refractivity contribution in [3.8, 4) is 0 Å². The van der Waals surface area contributed by atoms with Crippen molar-refractivity contribution in [2.45, 2.75) is 71.6 Å². The second-order valence-electron chi connectivity index (χ2n) is 8.52. The topological polar surface area (TPSA) is 46.2 Å². The van der Waals surface area contributed by atoms with E-state index in [0.717, 1.165) is 12.8 Å². The van der Waals surface area contributed by atoms with Crippen molar-refractivity contribution in [2.75, 3.05) is 12.8 Å². The normalized spacial score (nSPS) is 24.4. The summed E-state index contributed by atoms with van der Waals surface area (Å²) in [4.78, 5) is 0. The summed E-state index contributed by atoms with van der Waals surface area (Å²) in [6.45, 7) is 13.4. The number of hydrogen-bond donors (Lipinski definition) is 1. The fourth-order valence-corrected chi connectivity index (χ4v) is 3.86. The Morgan fingerprint density at radius 1 is 1.11 bits per heavy atom. The van der Waals surface area contributed by atoms with Crippen LogP contribution in [0.2, 0.25) is 0 Å². The first kappa shape index (κ1) is 17.0. The Balaban J connectivity index is 2.68. The van der Waals surface area contributed by atoms with E-state index in [1.54, 1.807) is 13.8 Å². The van der Waals surface area contributed by atoms with Gasteiger partial charge in [0.05, 0.1) is 4.75 Å². The standard InChI is InChI=1S/C15H31NO2S/c1-13(2)8-12(9-14(3,4)10-13)16-11-15(5,6)19(7,17)18/h12,16H,8-11H2,1-7H3. The lowest BCUT2D eigenvalue weighted by Crippen LogP contribution is -2.49. The van der Waals surface area contributed by atoms with Crippen molar-refractivity contribution in [2.24, 2.45) is 10.8 Å². The molecular formula is C15H31NO2S. The molecule has 1 rings (SSSR count). The van der Waals surface area contributed by atoms with Gasteiger partial charge in [-0.3, -0.25) is 0 Å². The molecule has 1 aliphatic carbocycles. The molecule has 1 aliphatic rings. The molecule has 1 N–H and O–H groups in total. The molecule has 0 bridgehead atoms. The highest BCUT2D eigenvalue weighted by Crippen LogP contribution is 2.45. The van der Waals surface area contributed by atoms with Gasteiger partial charge in [0.15, 0.2) is 9.84 Å². The van der Waals surface area contributed by atoms with Gasteiger partial charge in [-0.2, -0.15) is 0 Å². The van der Waals surface area contributed by atoms with Crippen molar-refractivity contribution in [1.29, 1.82) is 0 Å². The van der Waals surface area contributed by atoms with Crippen molar-refractivity contribution >= 4 is 9.84 Å². The Labute approximate surface area is 119 Å². The van der Waals surface area contributed by atoms with E-state index in [9.17, 15) is 8.42 Å². The minimum absolute atomic E-state index is 0.328. The molecule has 0 heterocycles. The molecule has 4 heteroatoms. The minimum Gasteiger partial charge on any atom is -0.312 e. The summed E-state index contributed by atoms with van der Waals surface area (Å²) >= 11 is 0. The van der Waals surface area contributed by atoms with Gasteiger partial charge in [0.1, 0.15) is 0 Å². The average Bonchev–Trinajstić information content (AvgIpc) is 2.07. The molecular weight excluding hydrogens is 258 g/mol. The van der Waals surface area contributed by atoms with Crippen LogP contribution in [-0.4, -0.2) is 32.0 Å². The fourth-order valence-electron chi connectivity index (χ4n) is 3.51. The highest BCUT2D eigenvalue weighted by Gasteiger charge is 2.39. The molecule has 0 aromatic heterocycles. The molecule has 3 nitrogen and oxygen atoms in total. The van der Waals surface area contributed by atoms with Gasteiger partial charge in [0, 0.05) is 18.8 Å². The largest absolute Gasteiger partial charge is 0.312 e. The van der Waals surface area contributed by atoms with Crippen molar-refractivity contribution in [3.63, 3.8) is 0 Å². The zero-order valence-corrected chi connectivity index (χ0v) is 14.4. The maximum Gasteiger partial charge on any atom is 0.153 e. The second-order valence-corrected chi connectivity index (χ2v) is 11.2. The Hall–Kier alpha value is -0.0900. The number of sulfone groups is 1. The molecule has 0 saturated heterocycles. The zero-order valence-electron chi connectivity index (χ0n) is 13.6. The molecule has 0 atom stereocenters. The summed E-state index contributed by atoms with van der Waals surface area (Å²) in [6, 6.07) is 0.416. The average molecular weight is 289 g/mol. The SMILES string of the molecule is CC1(C)CC(NCC(C)(C)S(C)(=O)=O)CC(C)(C)C1. The van der Waals surface area contributed by atoms with Gasteiger partial charge in [0.25, 0.3) is 0 Å². The van der Waals surface area contributed by atoms with Crippen LogP contribution in [0.3, 0.4) is 0 Å². The lowest BCUT2D eigenvalue weighted by atomic mass is 9.63. The summed E-state index contributed by atoms with van der Waals surface area (Å²) < 4.78 is 22.8. The van der Waals surface area contributed by atoms with E-state index in [1.165, 1.54) is 12.7 Å². The van der Waals surface area contributed by atoms with E-state index in [1.807, 2.05) is 0 Å². The highest BCUT2D eigenvalue weighted by atomic mass is 32.2. The first-order valence-electron chi connectivity index (χ1n) is 7.17. The zero-order chi connectivity index (χ0) is 15.1.